The fourth-order valence-corrected chi connectivity index (χ4v) is 4.24. The number of anilines is 1. The summed E-state index contributed by atoms with van der Waals surface area (Å²) in [7, 11) is 0. The maximum absolute atomic E-state index is 12.8. The zero-order valence-electron chi connectivity index (χ0n) is 20.4. The van der Waals surface area contributed by atoms with E-state index in [2.05, 4.69) is 21.7 Å². The van der Waals surface area contributed by atoms with Crippen molar-refractivity contribution in [3.05, 3.63) is 113 Å². The van der Waals surface area contributed by atoms with Crippen LogP contribution in [0, 0.1) is 13.8 Å². The topological polar surface area (TPSA) is 76.4 Å². The molecule has 7 heteroatoms. The highest BCUT2D eigenvalue weighted by atomic mass is 32.1. The predicted molar refractivity (Wildman–Crippen MR) is 150 cm³/mol. The molecule has 184 valence electrons. The van der Waals surface area contributed by atoms with Gasteiger partial charge in [-0.25, -0.2) is 4.98 Å². The van der Waals surface area contributed by atoms with Crippen molar-refractivity contribution in [3.63, 3.8) is 0 Å². The van der Waals surface area contributed by atoms with Crippen LogP contribution in [0.2, 0.25) is 0 Å². The van der Waals surface area contributed by atoms with Gasteiger partial charge in [0.15, 0.2) is 10.7 Å². The first-order valence-corrected chi connectivity index (χ1v) is 12.2. The first kappa shape index (κ1) is 24.2. The summed E-state index contributed by atoms with van der Waals surface area (Å²) in [6.45, 7) is 4.51. The number of amides is 1. The summed E-state index contributed by atoms with van der Waals surface area (Å²) in [5.41, 5.74) is 6.77. The first-order chi connectivity index (χ1) is 17.9. The van der Waals surface area contributed by atoms with Gasteiger partial charge in [-0.05, 0) is 80.2 Å². The fourth-order valence-electron chi connectivity index (χ4n) is 4.03. The number of hydrogen-bond donors (Lipinski definition) is 2. The molecule has 1 aromatic heterocycles. The number of benzene rings is 4. The number of carbonyl (C=O) groups excluding carboxylic acids is 1. The maximum Gasteiger partial charge on any atom is 0.257 e. The summed E-state index contributed by atoms with van der Waals surface area (Å²) < 4.78 is 11.8. The van der Waals surface area contributed by atoms with Crippen molar-refractivity contribution >= 4 is 40.0 Å². The molecule has 5 aromatic rings. The van der Waals surface area contributed by atoms with E-state index >= 15 is 0 Å². The first-order valence-electron chi connectivity index (χ1n) is 11.8. The molecule has 0 aliphatic heterocycles. The van der Waals surface area contributed by atoms with Crippen LogP contribution in [0.4, 0.5) is 5.69 Å². The molecule has 1 heterocycles. The monoisotopic (exact) mass is 507 g/mol. The van der Waals surface area contributed by atoms with Crippen LogP contribution in [-0.4, -0.2) is 16.0 Å². The van der Waals surface area contributed by atoms with E-state index in [1.54, 1.807) is 18.2 Å². The molecule has 2 N–H and O–H groups in total. The molecule has 0 atom stereocenters. The summed E-state index contributed by atoms with van der Waals surface area (Å²) in [4.78, 5) is 17.4. The molecular weight excluding hydrogens is 482 g/mol. The highest BCUT2D eigenvalue weighted by Crippen LogP contribution is 2.27. The normalized spacial score (nSPS) is 10.8. The van der Waals surface area contributed by atoms with E-state index in [0.29, 0.717) is 40.6 Å². The summed E-state index contributed by atoms with van der Waals surface area (Å²) >= 11 is 5.38. The number of aromatic nitrogens is 1. The minimum absolute atomic E-state index is 0.179. The van der Waals surface area contributed by atoms with Crippen LogP contribution in [0.25, 0.3) is 22.6 Å². The molecule has 0 saturated carbocycles. The van der Waals surface area contributed by atoms with Gasteiger partial charge in [-0.2, -0.15) is 0 Å². The van der Waals surface area contributed by atoms with E-state index in [-0.39, 0.29) is 11.0 Å². The number of aryl methyl sites for hydroxylation is 2. The number of thiocarbonyl (C=S) groups is 1. The van der Waals surface area contributed by atoms with Gasteiger partial charge in [0.1, 0.15) is 17.9 Å². The van der Waals surface area contributed by atoms with Gasteiger partial charge in [0.05, 0.1) is 0 Å². The quantitative estimate of drug-likeness (QED) is 0.246. The second-order valence-electron chi connectivity index (χ2n) is 8.79. The highest BCUT2D eigenvalue weighted by Gasteiger charge is 2.12. The standard InChI is InChI=1S/C30H25N3O3S/c1-19-13-20(2)15-23(14-19)29-32-26-17-24(11-12-27(26)36-29)31-30(37)33-28(34)22-9-6-10-25(16-22)35-18-21-7-4-3-5-8-21/h3-17H,18H2,1-2H3,(H2,31,33,34,37). The van der Waals surface area contributed by atoms with Gasteiger partial charge >= 0.3 is 0 Å². The number of fused-ring (bicyclic) bond motifs is 1. The minimum Gasteiger partial charge on any atom is -0.489 e. The van der Waals surface area contributed by atoms with E-state index < -0.39 is 0 Å². The Morgan fingerprint density at radius 3 is 2.49 bits per heavy atom. The Labute approximate surface area is 220 Å². The SMILES string of the molecule is Cc1cc(C)cc(-c2nc3cc(NC(=S)NC(=O)c4cccc(OCc5ccccc5)c4)ccc3o2)c1. The minimum atomic E-state index is -0.331. The van der Waals surface area contributed by atoms with Crippen molar-refractivity contribution in [3.8, 4) is 17.2 Å². The molecule has 0 aliphatic carbocycles. The van der Waals surface area contributed by atoms with Gasteiger partial charge in [0.25, 0.3) is 5.91 Å². The van der Waals surface area contributed by atoms with E-state index in [9.17, 15) is 4.79 Å². The lowest BCUT2D eigenvalue weighted by Gasteiger charge is -2.11. The third kappa shape index (κ3) is 6.02. The highest BCUT2D eigenvalue weighted by molar-refractivity contribution is 7.80. The van der Waals surface area contributed by atoms with E-state index in [1.165, 1.54) is 0 Å². The number of hydrogen-bond acceptors (Lipinski definition) is 5. The van der Waals surface area contributed by atoms with E-state index in [1.807, 2.05) is 80.6 Å². The van der Waals surface area contributed by atoms with Crippen LogP contribution in [0.5, 0.6) is 5.75 Å². The van der Waals surface area contributed by atoms with Crippen LogP contribution in [0.15, 0.2) is 95.4 Å². The lowest BCUT2D eigenvalue weighted by atomic mass is 10.1. The van der Waals surface area contributed by atoms with E-state index in [4.69, 9.17) is 21.4 Å². The molecule has 0 saturated heterocycles. The average molecular weight is 508 g/mol. The van der Waals surface area contributed by atoms with E-state index in [0.717, 1.165) is 22.3 Å². The molecule has 0 bridgehead atoms. The zero-order valence-corrected chi connectivity index (χ0v) is 21.3. The molecule has 6 nitrogen and oxygen atoms in total. The Kier molecular flexibility index (Phi) is 6.96. The molecule has 1 amide bonds. The van der Waals surface area contributed by atoms with Crippen molar-refractivity contribution in [2.45, 2.75) is 20.5 Å². The summed E-state index contributed by atoms with van der Waals surface area (Å²) in [6.07, 6.45) is 0. The number of oxazole rings is 1. The van der Waals surface area contributed by atoms with Crippen LogP contribution in [0.1, 0.15) is 27.0 Å². The van der Waals surface area contributed by atoms with Gasteiger partial charge in [-0.1, -0.05) is 53.6 Å². The van der Waals surface area contributed by atoms with Gasteiger partial charge in [0.2, 0.25) is 5.89 Å². The Morgan fingerprint density at radius 2 is 1.70 bits per heavy atom. The molecule has 0 aliphatic rings. The Bertz CT molecular complexity index is 1570. The third-order valence-electron chi connectivity index (χ3n) is 5.69. The van der Waals surface area contributed by atoms with Gasteiger partial charge in [-0.15, -0.1) is 0 Å². The number of nitrogens with one attached hydrogen (secondary N) is 2. The number of ether oxygens (including phenoxy) is 1. The smallest absolute Gasteiger partial charge is 0.257 e. The van der Waals surface area contributed by atoms with Crippen molar-refractivity contribution in [1.82, 2.24) is 10.3 Å². The van der Waals surface area contributed by atoms with Crippen molar-refractivity contribution in [2.24, 2.45) is 0 Å². The molecule has 0 unspecified atom stereocenters. The molecule has 4 aromatic carbocycles. The fraction of sp³-hybridized carbons (Fsp3) is 0.100. The molecular formula is C30H25N3O3S. The van der Waals surface area contributed by atoms with Crippen LogP contribution < -0.4 is 15.4 Å². The largest absolute Gasteiger partial charge is 0.489 e. The molecule has 0 radical (unpaired) electrons. The zero-order chi connectivity index (χ0) is 25.8. The van der Waals surface area contributed by atoms with Crippen LogP contribution in [0.3, 0.4) is 0 Å². The Balaban J connectivity index is 1.23. The predicted octanol–water partition coefficient (Wildman–Crippen LogP) is 6.82. The second-order valence-corrected chi connectivity index (χ2v) is 9.20. The van der Waals surface area contributed by atoms with Crippen molar-refractivity contribution < 1.29 is 13.9 Å². The molecule has 37 heavy (non-hydrogen) atoms. The second kappa shape index (κ2) is 10.6. The lowest BCUT2D eigenvalue weighted by Crippen LogP contribution is -2.34. The molecule has 0 fully saturated rings. The molecule has 5 rings (SSSR count). The van der Waals surface area contributed by atoms with Crippen LogP contribution >= 0.6 is 12.2 Å². The maximum atomic E-state index is 12.8. The molecule has 0 spiro atoms. The summed E-state index contributed by atoms with van der Waals surface area (Å²) in [5.74, 6) is 0.831. The number of rotatable bonds is 6. The Hall–Kier alpha value is -4.49. The van der Waals surface area contributed by atoms with Gasteiger partial charge in [-0.3, -0.25) is 10.1 Å². The number of carbonyl (C=O) groups is 1. The van der Waals surface area contributed by atoms with Gasteiger partial charge in [0, 0.05) is 16.8 Å². The lowest BCUT2D eigenvalue weighted by molar-refractivity contribution is 0.0977. The average Bonchev–Trinajstić information content (AvgIpc) is 3.31. The summed E-state index contributed by atoms with van der Waals surface area (Å²) in [6, 6.07) is 28.5. The van der Waals surface area contributed by atoms with Crippen LogP contribution in [-0.2, 0) is 6.61 Å². The van der Waals surface area contributed by atoms with Gasteiger partial charge < -0.3 is 14.5 Å². The summed E-state index contributed by atoms with van der Waals surface area (Å²) in [5, 5.41) is 5.95. The third-order valence-corrected chi connectivity index (χ3v) is 5.89. The van der Waals surface area contributed by atoms with Crippen molar-refractivity contribution in [1.29, 1.82) is 0 Å². The Morgan fingerprint density at radius 1 is 0.919 bits per heavy atom. The van der Waals surface area contributed by atoms with Crippen molar-refractivity contribution in [2.75, 3.05) is 5.32 Å². The number of nitrogens with zero attached hydrogens (tertiary/aromatic N) is 1.